The Morgan fingerprint density at radius 2 is 1.89 bits per heavy atom. The van der Waals surface area contributed by atoms with Crippen LogP contribution in [0.2, 0.25) is 0 Å². The van der Waals surface area contributed by atoms with Gasteiger partial charge >= 0.3 is 0 Å². The standard InChI is InChI=1S/C15H21Br2N/c1-11-3-6-13(7-4-11)18(2)15-8-5-12(10-16)9-14(15)17/h5,8-9,11,13H,3-4,6-7,10H2,1-2H3. The number of hydrogen-bond acceptors (Lipinski definition) is 1. The van der Waals surface area contributed by atoms with Crippen LogP contribution in [0.4, 0.5) is 5.69 Å². The maximum absolute atomic E-state index is 3.70. The zero-order valence-corrected chi connectivity index (χ0v) is 14.3. The summed E-state index contributed by atoms with van der Waals surface area (Å²) in [6, 6.07) is 7.36. The summed E-state index contributed by atoms with van der Waals surface area (Å²) < 4.78 is 1.21. The number of alkyl halides is 1. The van der Waals surface area contributed by atoms with E-state index >= 15 is 0 Å². The van der Waals surface area contributed by atoms with Gasteiger partial charge in [0, 0.05) is 22.9 Å². The molecule has 0 radical (unpaired) electrons. The average Bonchev–Trinajstić information content (AvgIpc) is 2.38. The summed E-state index contributed by atoms with van der Waals surface area (Å²) in [5.41, 5.74) is 2.63. The second kappa shape index (κ2) is 6.42. The second-order valence-electron chi connectivity index (χ2n) is 5.44. The highest BCUT2D eigenvalue weighted by Crippen LogP contribution is 2.33. The summed E-state index contributed by atoms with van der Waals surface area (Å²) in [5, 5.41) is 0.913. The summed E-state index contributed by atoms with van der Waals surface area (Å²) in [6.07, 6.45) is 5.38. The molecule has 0 unspecified atom stereocenters. The SMILES string of the molecule is CC1CCC(N(C)c2ccc(CBr)cc2Br)CC1. The quantitative estimate of drug-likeness (QED) is 0.643. The molecule has 3 heteroatoms. The third-order valence-electron chi connectivity index (χ3n) is 4.08. The molecule has 0 bridgehead atoms. The number of nitrogens with zero attached hydrogens (tertiary/aromatic N) is 1. The van der Waals surface area contributed by atoms with E-state index in [9.17, 15) is 0 Å². The third-order valence-corrected chi connectivity index (χ3v) is 5.36. The van der Waals surface area contributed by atoms with Gasteiger partial charge in [0.15, 0.2) is 0 Å². The topological polar surface area (TPSA) is 3.24 Å². The second-order valence-corrected chi connectivity index (χ2v) is 6.86. The normalized spacial score (nSPS) is 24.0. The number of halogens is 2. The van der Waals surface area contributed by atoms with Gasteiger partial charge in [-0.1, -0.05) is 28.9 Å². The molecule has 1 aromatic rings. The lowest BCUT2D eigenvalue weighted by molar-refractivity contribution is 0.340. The minimum absolute atomic E-state index is 0.701. The highest BCUT2D eigenvalue weighted by Gasteiger charge is 2.22. The van der Waals surface area contributed by atoms with Gasteiger partial charge in [-0.05, 0) is 65.2 Å². The molecule has 18 heavy (non-hydrogen) atoms. The molecule has 0 atom stereocenters. The molecule has 1 fully saturated rings. The monoisotopic (exact) mass is 373 g/mol. The third kappa shape index (κ3) is 3.30. The molecule has 0 N–H and O–H groups in total. The number of anilines is 1. The molecule has 1 aliphatic rings. The highest BCUT2D eigenvalue weighted by molar-refractivity contribution is 9.10. The zero-order chi connectivity index (χ0) is 13.1. The minimum atomic E-state index is 0.701. The first-order chi connectivity index (χ1) is 8.61. The molecule has 0 spiro atoms. The van der Waals surface area contributed by atoms with Crippen molar-refractivity contribution in [3.8, 4) is 0 Å². The minimum Gasteiger partial charge on any atom is -0.371 e. The van der Waals surface area contributed by atoms with Gasteiger partial charge in [0.05, 0.1) is 5.69 Å². The summed E-state index contributed by atoms with van der Waals surface area (Å²) >= 11 is 7.21. The van der Waals surface area contributed by atoms with E-state index in [1.165, 1.54) is 41.4 Å². The molecule has 100 valence electrons. The van der Waals surface area contributed by atoms with Crippen molar-refractivity contribution in [3.05, 3.63) is 28.2 Å². The lowest BCUT2D eigenvalue weighted by Gasteiger charge is -2.35. The highest BCUT2D eigenvalue weighted by atomic mass is 79.9. The Bertz CT molecular complexity index is 397. The molecule has 0 aromatic heterocycles. The number of benzene rings is 1. The largest absolute Gasteiger partial charge is 0.371 e. The van der Waals surface area contributed by atoms with E-state index in [0.29, 0.717) is 6.04 Å². The molecule has 0 saturated heterocycles. The summed E-state index contributed by atoms with van der Waals surface area (Å²) in [5.74, 6) is 0.911. The van der Waals surface area contributed by atoms with Crippen LogP contribution in [0.3, 0.4) is 0 Å². The van der Waals surface area contributed by atoms with Gasteiger partial charge in [0.2, 0.25) is 0 Å². The lowest BCUT2D eigenvalue weighted by Crippen LogP contribution is -2.35. The Morgan fingerprint density at radius 1 is 1.22 bits per heavy atom. The van der Waals surface area contributed by atoms with E-state index in [2.05, 4.69) is 68.9 Å². The van der Waals surface area contributed by atoms with Crippen LogP contribution in [-0.4, -0.2) is 13.1 Å². The number of hydrogen-bond donors (Lipinski definition) is 0. The van der Waals surface area contributed by atoms with Crippen LogP contribution in [0.5, 0.6) is 0 Å². The van der Waals surface area contributed by atoms with Crippen LogP contribution in [0, 0.1) is 5.92 Å². The Hall–Kier alpha value is -0.0200. The Kier molecular flexibility index (Phi) is 5.14. The van der Waals surface area contributed by atoms with Crippen molar-refractivity contribution >= 4 is 37.5 Å². The van der Waals surface area contributed by atoms with Crippen molar-refractivity contribution in [1.82, 2.24) is 0 Å². The fourth-order valence-corrected chi connectivity index (χ4v) is 3.80. The predicted molar refractivity (Wildman–Crippen MR) is 86.6 cm³/mol. The van der Waals surface area contributed by atoms with Crippen LogP contribution < -0.4 is 4.90 Å². The van der Waals surface area contributed by atoms with Gasteiger partial charge in [0.25, 0.3) is 0 Å². The fraction of sp³-hybridized carbons (Fsp3) is 0.600. The van der Waals surface area contributed by atoms with Gasteiger partial charge in [-0.25, -0.2) is 0 Å². The van der Waals surface area contributed by atoms with Gasteiger partial charge in [0.1, 0.15) is 0 Å². The Morgan fingerprint density at radius 3 is 2.44 bits per heavy atom. The first-order valence-electron chi connectivity index (χ1n) is 6.69. The molecule has 1 aliphatic carbocycles. The molecule has 0 heterocycles. The van der Waals surface area contributed by atoms with E-state index in [1.54, 1.807) is 0 Å². The van der Waals surface area contributed by atoms with Gasteiger partial charge < -0.3 is 4.90 Å². The molecule has 1 nitrogen and oxygen atoms in total. The summed E-state index contributed by atoms with van der Waals surface area (Å²) in [4.78, 5) is 2.45. The van der Waals surface area contributed by atoms with Crippen LogP contribution >= 0.6 is 31.9 Å². The average molecular weight is 375 g/mol. The van der Waals surface area contributed by atoms with Crippen LogP contribution in [0.1, 0.15) is 38.2 Å². The maximum Gasteiger partial charge on any atom is 0.0510 e. The summed E-state index contributed by atoms with van der Waals surface area (Å²) in [6.45, 7) is 2.37. The van der Waals surface area contributed by atoms with Crippen molar-refractivity contribution < 1.29 is 0 Å². The van der Waals surface area contributed by atoms with Crippen molar-refractivity contribution in [2.24, 2.45) is 5.92 Å². The molecule has 1 aromatic carbocycles. The number of rotatable bonds is 3. The van der Waals surface area contributed by atoms with Crippen molar-refractivity contribution in [2.45, 2.75) is 44.0 Å². The van der Waals surface area contributed by atoms with E-state index in [4.69, 9.17) is 0 Å². The molecule has 0 aliphatic heterocycles. The predicted octanol–water partition coefficient (Wildman–Crippen LogP) is 5.36. The molecular formula is C15H21Br2N. The van der Waals surface area contributed by atoms with Crippen LogP contribution in [0.15, 0.2) is 22.7 Å². The van der Waals surface area contributed by atoms with E-state index in [0.717, 1.165) is 11.2 Å². The molecule has 0 amide bonds. The molecule has 1 saturated carbocycles. The fourth-order valence-electron chi connectivity index (χ4n) is 2.75. The zero-order valence-electron chi connectivity index (χ0n) is 11.1. The van der Waals surface area contributed by atoms with Crippen molar-refractivity contribution in [2.75, 3.05) is 11.9 Å². The Labute approximate surface area is 127 Å². The lowest BCUT2D eigenvalue weighted by atomic mass is 9.86. The Balaban J connectivity index is 2.11. The van der Waals surface area contributed by atoms with E-state index < -0.39 is 0 Å². The van der Waals surface area contributed by atoms with Crippen LogP contribution in [-0.2, 0) is 5.33 Å². The molecule has 2 rings (SSSR count). The first-order valence-corrected chi connectivity index (χ1v) is 8.60. The smallest absolute Gasteiger partial charge is 0.0510 e. The first kappa shape index (κ1) is 14.4. The molecular weight excluding hydrogens is 354 g/mol. The van der Waals surface area contributed by atoms with Gasteiger partial charge in [-0.2, -0.15) is 0 Å². The van der Waals surface area contributed by atoms with Crippen molar-refractivity contribution in [1.29, 1.82) is 0 Å². The van der Waals surface area contributed by atoms with Crippen LogP contribution in [0.25, 0.3) is 0 Å². The van der Waals surface area contributed by atoms with Gasteiger partial charge in [-0.3, -0.25) is 0 Å². The summed E-state index contributed by atoms with van der Waals surface area (Å²) in [7, 11) is 2.23. The van der Waals surface area contributed by atoms with Crippen molar-refractivity contribution in [3.63, 3.8) is 0 Å². The maximum atomic E-state index is 3.70. The van der Waals surface area contributed by atoms with E-state index in [1.807, 2.05) is 0 Å². The van der Waals surface area contributed by atoms with Gasteiger partial charge in [-0.15, -0.1) is 0 Å². The van der Waals surface area contributed by atoms with E-state index in [-0.39, 0.29) is 0 Å².